The molecule has 2 aromatic rings. The SMILES string of the molecule is CCOC(CNP(=O)(OC[C@H]1O[C@@H](n2ccc(=O)[nH]c2=O)[C@](C)(F)[C@@H]1OC(=O)CC)Oc1ccccc1)OCC. The van der Waals surface area contributed by atoms with Crippen LogP contribution in [0.2, 0.25) is 0 Å². The first-order chi connectivity index (χ1) is 19.0. The second kappa shape index (κ2) is 14.2. The van der Waals surface area contributed by atoms with Crippen molar-refractivity contribution in [2.75, 3.05) is 26.4 Å². The Hall–Kier alpha value is -2.87. The molecule has 15 heteroatoms. The molecular weight excluding hydrogens is 552 g/mol. The molecule has 13 nitrogen and oxygen atoms in total. The number of para-hydroxylation sites is 1. The van der Waals surface area contributed by atoms with Crippen LogP contribution in [0.25, 0.3) is 0 Å². The largest absolute Gasteiger partial charge is 0.458 e. The van der Waals surface area contributed by atoms with E-state index in [2.05, 4.69) is 5.09 Å². The quantitative estimate of drug-likeness (QED) is 0.179. The summed E-state index contributed by atoms with van der Waals surface area (Å²) in [5, 5.41) is 2.69. The summed E-state index contributed by atoms with van der Waals surface area (Å²) in [6, 6.07) is 9.24. The monoisotopic (exact) mass is 587 g/mol. The number of halogens is 1. The lowest BCUT2D eigenvalue weighted by atomic mass is 9.98. The van der Waals surface area contributed by atoms with Gasteiger partial charge in [-0.2, -0.15) is 0 Å². The molecule has 3 rings (SSSR count). The van der Waals surface area contributed by atoms with Gasteiger partial charge in [-0.3, -0.25) is 23.7 Å². The first-order valence-corrected chi connectivity index (χ1v) is 14.4. The van der Waals surface area contributed by atoms with Gasteiger partial charge in [-0.1, -0.05) is 25.1 Å². The molecule has 1 saturated heterocycles. The van der Waals surface area contributed by atoms with Crippen molar-refractivity contribution in [3.8, 4) is 5.75 Å². The fraction of sp³-hybridized carbons (Fsp3) is 0.560. The molecule has 2 heterocycles. The molecule has 2 N–H and O–H groups in total. The lowest BCUT2D eigenvalue weighted by Gasteiger charge is -2.28. The smallest absolute Gasteiger partial charge is 0.456 e. The first-order valence-electron chi connectivity index (χ1n) is 12.9. The van der Waals surface area contributed by atoms with Gasteiger partial charge in [-0.25, -0.2) is 18.8 Å². The summed E-state index contributed by atoms with van der Waals surface area (Å²) in [6.45, 7) is 6.18. The van der Waals surface area contributed by atoms with E-state index in [9.17, 15) is 18.9 Å². The zero-order valence-corrected chi connectivity index (χ0v) is 23.6. The third-order valence-corrected chi connectivity index (χ3v) is 7.38. The van der Waals surface area contributed by atoms with Crippen molar-refractivity contribution >= 4 is 13.7 Å². The van der Waals surface area contributed by atoms with Crippen LogP contribution in [0.4, 0.5) is 4.39 Å². The van der Waals surface area contributed by atoms with E-state index in [1.54, 1.807) is 44.2 Å². The highest BCUT2D eigenvalue weighted by atomic mass is 31.2. The standard InChI is InChI=1S/C25H35FN3O10P/c1-5-20(31)38-22-18(37-23(25(22,4)26)29-14-13-19(30)28-24(29)32)16-36-40(33,39-17-11-9-8-10-12-17)27-15-21(34-6-2)35-7-3/h8-14,18,21-23H,5-7,15-16H2,1-4H3,(H,27,33)(H,28,30,32)/t18-,22-,23-,25-,40?/m1/s1. The molecule has 1 aliphatic heterocycles. The number of nitrogens with zero attached hydrogens (tertiary/aromatic N) is 1. The van der Waals surface area contributed by atoms with E-state index < -0.39 is 62.0 Å². The summed E-state index contributed by atoms with van der Waals surface area (Å²) in [6.07, 6.45) is -4.25. The number of rotatable bonds is 15. The number of hydrogen-bond acceptors (Lipinski definition) is 10. The number of hydrogen-bond donors (Lipinski definition) is 2. The molecule has 0 amide bonds. The second-order valence-corrected chi connectivity index (χ2v) is 10.6. The minimum absolute atomic E-state index is 0.0587. The summed E-state index contributed by atoms with van der Waals surface area (Å²) >= 11 is 0. The number of aromatic amines is 1. The number of benzene rings is 1. The molecule has 0 bridgehead atoms. The lowest BCUT2D eigenvalue weighted by molar-refractivity contribution is -0.157. The van der Waals surface area contributed by atoms with Crippen molar-refractivity contribution in [1.82, 2.24) is 14.6 Å². The van der Waals surface area contributed by atoms with Gasteiger partial charge < -0.3 is 23.5 Å². The van der Waals surface area contributed by atoms with Gasteiger partial charge in [0.25, 0.3) is 5.56 Å². The van der Waals surface area contributed by atoms with Crippen LogP contribution in [0, 0.1) is 0 Å². The molecule has 40 heavy (non-hydrogen) atoms. The van der Waals surface area contributed by atoms with E-state index in [1.165, 1.54) is 6.92 Å². The average Bonchev–Trinajstić information content (AvgIpc) is 3.16. The molecule has 0 radical (unpaired) electrons. The third-order valence-electron chi connectivity index (χ3n) is 5.87. The fourth-order valence-electron chi connectivity index (χ4n) is 3.99. The van der Waals surface area contributed by atoms with Crippen molar-refractivity contribution in [2.45, 2.75) is 64.5 Å². The van der Waals surface area contributed by atoms with Crippen molar-refractivity contribution in [1.29, 1.82) is 0 Å². The highest BCUT2D eigenvalue weighted by Gasteiger charge is 2.58. The molecule has 0 saturated carbocycles. The number of aromatic nitrogens is 2. The molecule has 0 spiro atoms. The Bertz CT molecular complexity index is 1270. The molecule has 1 unspecified atom stereocenters. The Morgan fingerprint density at radius 1 is 1.18 bits per heavy atom. The molecule has 1 aromatic heterocycles. The van der Waals surface area contributed by atoms with E-state index in [0.29, 0.717) is 13.2 Å². The normalized spacial score (nSPS) is 24.1. The lowest BCUT2D eigenvalue weighted by Crippen LogP contribution is -2.46. The van der Waals surface area contributed by atoms with E-state index >= 15 is 4.39 Å². The van der Waals surface area contributed by atoms with Crippen LogP contribution in [0.1, 0.15) is 40.3 Å². The number of carbonyl (C=O) groups excluding carboxylic acids is 1. The van der Waals surface area contributed by atoms with Gasteiger partial charge in [0, 0.05) is 31.9 Å². The minimum Gasteiger partial charge on any atom is -0.456 e. The summed E-state index contributed by atoms with van der Waals surface area (Å²) in [5.74, 6) is -0.507. The van der Waals surface area contributed by atoms with E-state index in [-0.39, 0.29) is 18.7 Å². The maximum absolute atomic E-state index is 16.2. The zero-order valence-electron chi connectivity index (χ0n) is 22.7. The fourth-order valence-corrected chi connectivity index (χ4v) is 5.31. The molecular formula is C25H35FN3O10P. The molecule has 1 aromatic carbocycles. The second-order valence-electron chi connectivity index (χ2n) is 8.86. The Kier molecular flexibility index (Phi) is 11.2. The number of esters is 1. The average molecular weight is 588 g/mol. The van der Waals surface area contributed by atoms with Gasteiger partial charge in [0.1, 0.15) is 11.9 Å². The molecule has 1 fully saturated rings. The number of ether oxygens (including phenoxy) is 4. The van der Waals surface area contributed by atoms with Gasteiger partial charge in [-0.05, 0) is 32.9 Å². The van der Waals surface area contributed by atoms with Gasteiger partial charge in [0.2, 0.25) is 0 Å². The molecule has 0 aliphatic carbocycles. The summed E-state index contributed by atoms with van der Waals surface area (Å²) < 4.78 is 64.3. The Labute approximate surface area is 230 Å². The molecule has 5 atom stereocenters. The summed E-state index contributed by atoms with van der Waals surface area (Å²) in [5.41, 5.74) is -4.06. The third kappa shape index (κ3) is 8.09. The minimum atomic E-state index is -4.18. The zero-order chi connectivity index (χ0) is 29.3. The van der Waals surface area contributed by atoms with Crippen molar-refractivity contribution < 1.29 is 41.7 Å². The topological polar surface area (TPSA) is 156 Å². The summed E-state index contributed by atoms with van der Waals surface area (Å²) in [7, 11) is -4.18. The predicted molar refractivity (Wildman–Crippen MR) is 141 cm³/mol. The Balaban J connectivity index is 1.87. The molecule has 1 aliphatic rings. The van der Waals surface area contributed by atoms with Crippen LogP contribution in [0.15, 0.2) is 52.2 Å². The van der Waals surface area contributed by atoms with E-state index in [0.717, 1.165) is 23.8 Å². The predicted octanol–water partition coefficient (Wildman–Crippen LogP) is 2.68. The van der Waals surface area contributed by atoms with Crippen LogP contribution in [0.3, 0.4) is 0 Å². The maximum atomic E-state index is 16.2. The van der Waals surface area contributed by atoms with Crippen molar-refractivity contribution in [3.63, 3.8) is 0 Å². The van der Waals surface area contributed by atoms with E-state index in [1.807, 2.05) is 4.98 Å². The van der Waals surface area contributed by atoms with Crippen LogP contribution in [-0.4, -0.2) is 66.1 Å². The maximum Gasteiger partial charge on any atom is 0.458 e. The highest BCUT2D eigenvalue weighted by molar-refractivity contribution is 7.52. The van der Waals surface area contributed by atoms with Gasteiger partial charge in [-0.15, -0.1) is 0 Å². The van der Waals surface area contributed by atoms with Crippen LogP contribution < -0.4 is 20.9 Å². The van der Waals surface area contributed by atoms with Crippen LogP contribution in [0.5, 0.6) is 5.75 Å². The van der Waals surface area contributed by atoms with Gasteiger partial charge in [0.05, 0.1) is 13.2 Å². The van der Waals surface area contributed by atoms with E-state index in [4.69, 9.17) is 28.0 Å². The first kappa shape index (κ1) is 31.7. The number of alkyl halides is 1. The van der Waals surface area contributed by atoms with Gasteiger partial charge in [0.15, 0.2) is 24.3 Å². The van der Waals surface area contributed by atoms with Gasteiger partial charge >= 0.3 is 19.4 Å². The Morgan fingerprint density at radius 3 is 2.45 bits per heavy atom. The van der Waals surface area contributed by atoms with Crippen molar-refractivity contribution in [2.24, 2.45) is 0 Å². The number of nitrogens with one attached hydrogen (secondary N) is 2. The highest BCUT2D eigenvalue weighted by Crippen LogP contribution is 2.47. The summed E-state index contributed by atoms with van der Waals surface area (Å²) in [4.78, 5) is 38.1. The molecule has 222 valence electrons. The number of carbonyl (C=O) groups is 1. The van der Waals surface area contributed by atoms with Crippen LogP contribution in [-0.2, 0) is 32.8 Å². The van der Waals surface area contributed by atoms with Crippen molar-refractivity contribution in [3.05, 3.63) is 63.4 Å². The van der Waals surface area contributed by atoms with Crippen LogP contribution >= 0.6 is 7.75 Å². The Morgan fingerprint density at radius 2 is 1.85 bits per heavy atom. The number of H-pyrrole nitrogens is 1.